The number of hydrogen-bond donors (Lipinski definition) is 0. The van der Waals surface area contributed by atoms with Crippen LogP contribution in [0.15, 0.2) is 48.5 Å². The zero-order valence-corrected chi connectivity index (χ0v) is 21.2. The van der Waals surface area contributed by atoms with Gasteiger partial charge in [0, 0.05) is 17.9 Å². The normalized spacial score (nSPS) is 15.8. The van der Waals surface area contributed by atoms with Crippen LogP contribution in [0.5, 0.6) is 5.75 Å². The predicted molar refractivity (Wildman–Crippen MR) is 139 cm³/mol. The highest BCUT2D eigenvalue weighted by atomic mass is 32.2. The number of carbonyl (C=O) groups excluding carboxylic acids is 1. The second-order valence-corrected chi connectivity index (χ2v) is 10.6. The third-order valence-electron chi connectivity index (χ3n) is 6.16. The molecule has 0 aromatic heterocycles. The maximum atomic E-state index is 11.7. The number of thioether (sulfide) groups is 2. The molecule has 1 unspecified atom stereocenters. The van der Waals surface area contributed by atoms with Crippen LogP contribution in [0.25, 0.3) is 6.08 Å². The highest BCUT2D eigenvalue weighted by Crippen LogP contribution is 2.53. The Bertz CT molecular complexity index is 917. The summed E-state index contributed by atoms with van der Waals surface area (Å²) < 4.78 is 10.9. The van der Waals surface area contributed by atoms with E-state index < -0.39 is 0 Å². The average molecular weight is 471 g/mol. The van der Waals surface area contributed by atoms with Gasteiger partial charge in [0.15, 0.2) is 0 Å². The summed E-state index contributed by atoms with van der Waals surface area (Å²) >= 11 is 3.84. The van der Waals surface area contributed by atoms with Gasteiger partial charge in [-0.3, -0.25) is 0 Å². The fourth-order valence-corrected chi connectivity index (χ4v) is 6.20. The van der Waals surface area contributed by atoms with Crippen LogP contribution >= 0.6 is 23.5 Å². The largest absolute Gasteiger partial charge is 0.493 e. The van der Waals surface area contributed by atoms with E-state index in [-0.39, 0.29) is 10.0 Å². The summed E-state index contributed by atoms with van der Waals surface area (Å²) in [5.74, 6) is 1.06. The number of benzene rings is 2. The summed E-state index contributed by atoms with van der Waals surface area (Å²) in [4.78, 5) is 11.7. The molecule has 1 heterocycles. The molecule has 0 saturated carbocycles. The number of carbonyl (C=O) groups is 1. The second-order valence-electron chi connectivity index (χ2n) is 8.09. The van der Waals surface area contributed by atoms with Crippen LogP contribution in [-0.4, -0.2) is 32.2 Å². The predicted octanol–water partition coefficient (Wildman–Crippen LogP) is 7.51. The number of unbranched alkanes of at least 4 members (excludes halogenated alkanes) is 2. The number of methoxy groups -OCH3 is 1. The van der Waals surface area contributed by atoms with Gasteiger partial charge in [0.2, 0.25) is 0 Å². The number of esters is 1. The minimum atomic E-state index is -0.305. The third kappa shape index (κ3) is 5.74. The van der Waals surface area contributed by atoms with Gasteiger partial charge in [0.25, 0.3) is 0 Å². The molecule has 32 heavy (non-hydrogen) atoms. The van der Waals surface area contributed by atoms with Crippen LogP contribution in [0.1, 0.15) is 72.0 Å². The Balaban J connectivity index is 1.89. The second kappa shape index (κ2) is 11.9. The Morgan fingerprint density at radius 2 is 1.91 bits per heavy atom. The van der Waals surface area contributed by atoms with E-state index in [4.69, 9.17) is 9.47 Å². The van der Waals surface area contributed by atoms with Crippen LogP contribution < -0.4 is 4.74 Å². The van der Waals surface area contributed by atoms with Gasteiger partial charge >= 0.3 is 5.97 Å². The molecule has 172 valence electrons. The van der Waals surface area contributed by atoms with Crippen molar-refractivity contribution in [2.45, 2.75) is 49.0 Å². The van der Waals surface area contributed by atoms with Crippen LogP contribution in [-0.2, 0) is 8.82 Å². The minimum Gasteiger partial charge on any atom is -0.493 e. The van der Waals surface area contributed by atoms with E-state index in [9.17, 15) is 4.79 Å². The maximum Gasteiger partial charge on any atom is 0.337 e. The molecule has 3 rings (SSSR count). The molecule has 2 aromatic carbocycles. The molecule has 0 saturated heterocycles. The molecule has 3 nitrogen and oxygen atoms in total. The SMILES string of the molecule is CCCCCC(C=Cc1ccc(C(=O)OC)cc1)c1ccc2c(c1)C(SC)(SC)CCO2. The Morgan fingerprint density at radius 3 is 2.56 bits per heavy atom. The van der Waals surface area contributed by atoms with Crippen molar-refractivity contribution in [2.24, 2.45) is 0 Å². The molecule has 0 fully saturated rings. The first kappa shape index (κ1) is 24.8. The number of rotatable bonds is 10. The highest BCUT2D eigenvalue weighted by Gasteiger charge is 2.37. The van der Waals surface area contributed by atoms with Crippen molar-refractivity contribution in [1.82, 2.24) is 0 Å². The van der Waals surface area contributed by atoms with Gasteiger partial charge in [0.1, 0.15) is 5.75 Å². The van der Waals surface area contributed by atoms with Crippen LogP contribution in [0, 0.1) is 0 Å². The number of fused-ring (bicyclic) bond motifs is 1. The number of allylic oxidation sites excluding steroid dienone is 1. The van der Waals surface area contributed by atoms with Crippen LogP contribution in [0.3, 0.4) is 0 Å². The number of hydrogen-bond acceptors (Lipinski definition) is 5. The lowest BCUT2D eigenvalue weighted by Gasteiger charge is -2.36. The van der Waals surface area contributed by atoms with E-state index in [1.807, 2.05) is 47.8 Å². The van der Waals surface area contributed by atoms with Crippen LogP contribution in [0.4, 0.5) is 0 Å². The van der Waals surface area contributed by atoms with Crippen LogP contribution in [0.2, 0.25) is 0 Å². The Morgan fingerprint density at radius 1 is 1.16 bits per heavy atom. The molecule has 0 spiro atoms. The molecular formula is C27H34O3S2. The fraction of sp³-hybridized carbons (Fsp3) is 0.444. The van der Waals surface area contributed by atoms with Gasteiger partial charge in [-0.05, 0) is 54.3 Å². The van der Waals surface area contributed by atoms with Gasteiger partial charge in [0.05, 0.1) is 23.4 Å². The first-order valence-electron chi connectivity index (χ1n) is 11.3. The highest BCUT2D eigenvalue weighted by molar-refractivity contribution is 8.16. The molecule has 0 radical (unpaired) electrons. The van der Waals surface area contributed by atoms with Crippen molar-refractivity contribution in [3.63, 3.8) is 0 Å². The molecule has 0 amide bonds. The van der Waals surface area contributed by atoms with E-state index in [2.05, 4.69) is 49.8 Å². The van der Waals surface area contributed by atoms with E-state index in [0.717, 1.165) is 30.8 Å². The summed E-state index contributed by atoms with van der Waals surface area (Å²) in [6, 6.07) is 14.4. The third-order valence-corrected chi connectivity index (χ3v) is 9.33. The molecular weight excluding hydrogens is 436 g/mol. The maximum absolute atomic E-state index is 11.7. The summed E-state index contributed by atoms with van der Waals surface area (Å²) in [5, 5.41) is 0. The monoisotopic (exact) mass is 470 g/mol. The lowest BCUT2D eigenvalue weighted by atomic mass is 9.89. The quantitative estimate of drug-likeness (QED) is 0.204. The van der Waals surface area contributed by atoms with Crippen molar-refractivity contribution < 1.29 is 14.3 Å². The smallest absolute Gasteiger partial charge is 0.337 e. The van der Waals surface area contributed by atoms with E-state index in [1.54, 1.807) is 0 Å². The molecule has 0 N–H and O–H groups in total. The Hall–Kier alpha value is -1.85. The van der Waals surface area contributed by atoms with Crippen molar-refractivity contribution >= 4 is 35.6 Å². The Kier molecular flexibility index (Phi) is 9.18. The molecule has 2 aromatic rings. The van der Waals surface area contributed by atoms with E-state index >= 15 is 0 Å². The number of ether oxygens (including phenoxy) is 2. The van der Waals surface area contributed by atoms with Gasteiger partial charge in [-0.1, -0.05) is 56.5 Å². The van der Waals surface area contributed by atoms with Gasteiger partial charge in [-0.2, -0.15) is 0 Å². The van der Waals surface area contributed by atoms with Gasteiger partial charge < -0.3 is 9.47 Å². The van der Waals surface area contributed by atoms with Gasteiger partial charge in [-0.25, -0.2) is 4.79 Å². The molecule has 0 aliphatic carbocycles. The lowest BCUT2D eigenvalue weighted by Crippen LogP contribution is -2.26. The van der Waals surface area contributed by atoms with Gasteiger partial charge in [-0.15, -0.1) is 23.5 Å². The molecule has 1 aliphatic rings. The lowest BCUT2D eigenvalue weighted by molar-refractivity contribution is 0.0600. The van der Waals surface area contributed by atoms with Crippen molar-refractivity contribution in [3.8, 4) is 5.75 Å². The van der Waals surface area contributed by atoms with E-state index in [0.29, 0.717) is 11.5 Å². The zero-order valence-electron chi connectivity index (χ0n) is 19.6. The molecule has 1 aliphatic heterocycles. The van der Waals surface area contributed by atoms with E-state index in [1.165, 1.54) is 37.5 Å². The van der Waals surface area contributed by atoms with Crippen molar-refractivity contribution in [1.29, 1.82) is 0 Å². The molecule has 5 heteroatoms. The summed E-state index contributed by atoms with van der Waals surface area (Å²) in [5.41, 5.74) is 4.32. The topological polar surface area (TPSA) is 35.5 Å². The fourth-order valence-electron chi connectivity index (χ4n) is 4.20. The minimum absolute atomic E-state index is 0.0605. The summed E-state index contributed by atoms with van der Waals surface area (Å²) in [7, 11) is 1.41. The standard InChI is InChI=1S/C27H34O3S2/c1-5-6-7-8-21(12-9-20-10-13-22(14-11-20)26(28)29-2)23-15-16-25-24(19-23)27(31-3,32-4)17-18-30-25/h9-16,19,21H,5-8,17-18H2,1-4H3. The zero-order chi connectivity index (χ0) is 23.0. The first-order valence-corrected chi connectivity index (χ1v) is 13.8. The molecule has 1 atom stereocenters. The first-order chi connectivity index (χ1) is 15.6. The summed E-state index contributed by atoms with van der Waals surface area (Å²) in [6.07, 6.45) is 14.7. The van der Waals surface area contributed by atoms with Crippen molar-refractivity contribution in [2.75, 3.05) is 26.2 Å². The Labute approximate surface area is 201 Å². The summed E-state index contributed by atoms with van der Waals surface area (Å²) in [6.45, 7) is 3.02. The molecule has 0 bridgehead atoms. The van der Waals surface area contributed by atoms with Crippen molar-refractivity contribution in [3.05, 3.63) is 70.8 Å². The average Bonchev–Trinajstić information content (AvgIpc) is 2.85.